The van der Waals surface area contributed by atoms with Gasteiger partial charge in [-0.2, -0.15) is 0 Å². The van der Waals surface area contributed by atoms with E-state index >= 15 is 0 Å². The summed E-state index contributed by atoms with van der Waals surface area (Å²) in [6.45, 7) is 1.83. The minimum absolute atomic E-state index is 0.0139. The van der Waals surface area contributed by atoms with Crippen LogP contribution in [0, 0.1) is 5.21 Å². The van der Waals surface area contributed by atoms with Gasteiger partial charge in [-0.1, -0.05) is 0 Å². The third-order valence-corrected chi connectivity index (χ3v) is 1.08. The zero-order valence-corrected chi connectivity index (χ0v) is 4.66. The van der Waals surface area contributed by atoms with Gasteiger partial charge in [0.1, 0.15) is 12.2 Å². The van der Waals surface area contributed by atoms with Gasteiger partial charge in [-0.05, 0) is 6.92 Å². The van der Waals surface area contributed by atoms with Crippen molar-refractivity contribution in [1.82, 2.24) is 0 Å². The Bertz CT molecular complexity index is 114. The zero-order valence-electron chi connectivity index (χ0n) is 4.66. The van der Waals surface area contributed by atoms with Gasteiger partial charge < -0.3 is 10.3 Å². The first-order chi connectivity index (χ1) is 3.80. The summed E-state index contributed by atoms with van der Waals surface area (Å²) >= 11 is 0. The molecule has 0 amide bonds. The van der Waals surface area contributed by atoms with Gasteiger partial charge in [0.25, 0.3) is 0 Å². The van der Waals surface area contributed by atoms with Crippen LogP contribution in [0.5, 0.6) is 0 Å². The summed E-state index contributed by atoms with van der Waals surface area (Å²) in [6, 6.07) is -0.0139. The van der Waals surface area contributed by atoms with Crippen LogP contribution in [0.2, 0.25) is 0 Å². The van der Waals surface area contributed by atoms with Crippen LogP contribution < -0.4 is 5.06 Å². The van der Waals surface area contributed by atoms with E-state index in [2.05, 4.69) is 4.99 Å². The molecule has 3 nitrogen and oxygen atoms in total. The number of rotatable bonds is 0. The average molecular weight is 112 g/mol. The Hall–Kier alpha value is -0.670. The lowest BCUT2D eigenvalue weighted by Crippen LogP contribution is -3.07. The second kappa shape index (κ2) is 2.07. The summed E-state index contributed by atoms with van der Waals surface area (Å²) < 4.78 is 0. The van der Waals surface area contributed by atoms with E-state index in [0.717, 1.165) is 0 Å². The molecule has 1 heterocycles. The highest BCUT2D eigenvalue weighted by Gasteiger charge is 2.03. The number of nitrogens with one attached hydrogen (secondary N) is 1. The van der Waals surface area contributed by atoms with Crippen molar-refractivity contribution in [3.8, 4) is 0 Å². The summed E-state index contributed by atoms with van der Waals surface area (Å²) in [5.41, 5.74) is 0. The zero-order chi connectivity index (χ0) is 5.98. The van der Waals surface area contributed by atoms with E-state index < -0.39 is 0 Å². The molecular formula is C5H8N2O. The smallest absolute Gasteiger partial charge is 0.124 e. The Morgan fingerprint density at radius 2 is 2.50 bits per heavy atom. The molecule has 0 aromatic rings. The van der Waals surface area contributed by atoms with E-state index in [-0.39, 0.29) is 11.1 Å². The molecule has 1 aliphatic rings. The van der Waals surface area contributed by atoms with E-state index in [4.69, 9.17) is 0 Å². The molecule has 1 rings (SSSR count). The molecule has 0 bridgehead atoms. The topological polar surface area (TPSA) is 39.9 Å². The van der Waals surface area contributed by atoms with Crippen LogP contribution in [0.1, 0.15) is 6.92 Å². The van der Waals surface area contributed by atoms with Crippen molar-refractivity contribution in [2.75, 3.05) is 0 Å². The number of quaternary nitrogens is 1. The number of nitrogens with zero attached hydrogens (tertiary/aromatic N) is 1. The molecule has 0 spiro atoms. The van der Waals surface area contributed by atoms with Gasteiger partial charge in [0.05, 0.1) is 12.4 Å². The van der Waals surface area contributed by atoms with E-state index in [1.807, 2.05) is 6.92 Å². The third-order valence-electron chi connectivity index (χ3n) is 1.08. The van der Waals surface area contributed by atoms with E-state index in [9.17, 15) is 5.21 Å². The minimum atomic E-state index is -0.0139. The fraction of sp³-hybridized carbons (Fsp3) is 0.400. The van der Waals surface area contributed by atoms with Crippen LogP contribution in [0.3, 0.4) is 0 Å². The summed E-state index contributed by atoms with van der Waals surface area (Å²) in [6.07, 6.45) is 4.65. The molecule has 3 heteroatoms. The first kappa shape index (κ1) is 5.47. The first-order valence-corrected chi connectivity index (χ1v) is 2.54. The van der Waals surface area contributed by atoms with Gasteiger partial charge in [-0.15, -0.1) is 0 Å². The molecule has 8 heavy (non-hydrogen) atoms. The minimum Gasteiger partial charge on any atom is -0.629 e. The number of hydroxylamine groups is 2. The standard InChI is InChI=1S/C5H8N2O/c1-5-4-6-2-3-7(5)8/h2-5,7H,1H3. The molecule has 1 N–H and O–H groups in total. The highest BCUT2D eigenvalue weighted by atomic mass is 16.5. The molecule has 2 unspecified atom stereocenters. The SMILES string of the molecule is CC1C=NC=C[NH+]1[O-]. The maximum Gasteiger partial charge on any atom is 0.124 e. The van der Waals surface area contributed by atoms with Crippen LogP contribution >= 0.6 is 0 Å². The van der Waals surface area contributed by atoms with Crippen molar-refractivity contribution in [2.45, 2.75) is 13.0 Å². The van der Waals surface area contributed by atoms with Gasteiger partial charge >= 0.3 is 0 Å². The molecule has 1 aliphatic heterocycles. The second-order valence-electron chi connectivity index (χ2n) is 1.80. The normalized spacial score (nSPS) is 35.8. The van der Waals surface area contributed by atoms with Crippen molar-refractivity contribution in [2.24, 2.45) is 4.99 Å². The second-order valence-corrected chi connectivity index (χ2v) is 1.80. The molecule has 0 saturated heterocycles. The largest absolute Gasteiger partial charge is 0.629 e. The van der Waals surface area contributed by atoms with E-state index in [0.29, 0.717) is 0 Å². The van der Waals surface area contributed by atoms with Gasteiger partial charge in [-0.3, -0.25) is 4.99 Å². The maximum absolute atomic E-state index is 10.6. The molecular weight excluding hydrogens is 104 g/mol. The van der Waals surface area contributed by atoms with Crippen molar-refractivity contribution in [3.63, 3.8) is 0 Å². The molecule has 0 saturated carbocycles. The third kappa shape index (κ3) is 0.936. The summed E-state index contributed by atoms with van der Waals surface area (Å²) in [5.74, 6) is 0. The monoisotopic (exact) mass is 112 g/mol. The van der Waals surface area contributed by atoms with Crippen molar-refractivity contribution in [1.29, 1.82) is 0 Å². The number of aliphatic imine (C=N–C) groups is 1. The Kier molecular flexibility index (Phi) is 1.41. The molecule has 2 atom stereocenters. The quantitative estimate of drug-likeness (QED) is 0.414. The van der Waals surface area contributed by atoms with Crippen molar-refractivity contribution in [3.05, 3.63) is 17.6 Å². The van der Waals surface area contributed by atoms with E-state index in [1.165, 1.54) is 12.4 Å². The Labute approximate surface area is 47.9 Å². The predicted octanol–water partition coefficient (Wildman–Crippen LogP) is -0.687. The Balaban J connectivity index is 2.59. The molecule has 44 valence electrons. The molecule has 0 aromatic carbocycles. The van der Waals surface area contributed by atoms with Gasteiger partial charge in [0.2, 0.25) is 0 Å². The lowest BCUT2D eigenvalue weighted by atomic mass is 10.3. The van der Waals surface area contributed by atoms with E-state index in [1.54, 1.807) is 6.21 Å². The molecule has 0 aromatic heterocycles. The van der Waals surface area contributed by atoms with Crippen LogP contribution in [0.25, 0.3) is 0 Å². The summed E-state index contributed by atoms with van der Waals surface area (Å²) in [4.78, 5) is 3.78. The average Bonchev–Trinajstić information content (AvgIpc) is 1.77. The lowest BCUT2D eigenvalue weighted by Gasteiger charge is -2.22. The summed E-state index contributed by atoms with van der Waals surface area (Å²) in [7, 11) is 0. The lowest BCUT2D eigenvalue weighted by molar-refractivity contribution is -0.806. The molecule has 0 fully saturated rings. The predicted molar refractivity (Wildman–Crippen MR) is 31.4 cm³/mol. The van der Waals surface area contributed by atoms with Crippen molar-refractivity contribution < 1.29 is 5.06 Å². The maximum atomic E-state index is 10.6. The Morgan fingerprint density at radius 1 is 1.75 bits per heavy atom. The highest BCUT2D eigenvalue weighted by Crippen LogP contribution is 1.77. The summed E-state index contributed by atoms with van der Waals surface area (Å²) in [5, 5.41) is 10.8. The number of hydrogen-bond donors (Lipinski definition) is 1. The van der Waals surface area contributed by atoms with Crippen LogP contribution in [-0.4, -0.2) is 12.3 Å². The van der Waals surface area contributed by atoms with Crippen LogP contribution in [0.15, 0.2) is 17.4 Å². The van der Waals surface area contributed by atoms with Gasteiger partial charge in [0, 0.05) is 0 Å². The number of hydrogen-bond acceptors (Lipinski definition) is 2. The highest BCUT2D eigenvalue weighted by molar-refractivity contribution is 5.63. The first-order valence-electron chi connectivity index (χ1n) is 2.54. The fourth-order valence-electron chi connectivity index (χ4n) is 0.521. The van der Waals surface area contributed by atoms with Crippen LogP contribution in [-0.2, 0) is 0 Å². The van der Waals surface area contributed by atoms with Gasteiger partial charge in [0.15, 0.2) is 0 Å². The molecule has 0 radical (unpaired) electrons. The fourth-order valence-corrected chi connectivity index (χ4v) is 0.521. The van der Waals surface area contributed by atoms with Crippen molar-refractivity contribution >= 4 is 6.21 Å². The van der Waals surface area contributed by atoms with Crippen LogP contribution in [0.4, 0.5) is 0 Å². The van der Waals surface area contributed by atoms with Gasteiger partial charge in [-0.25, -0.2) is 0 Å². The Morgan fingerprint density at radius 3 is 2.88 bits per heavy atom. The molecule has 0 aliphatic carbocycles.